The van der Waals surface area contributed by atoms with Crippen molar-refractivity contribution in [3.8, 4) is 12.3 Å². The first-order valence-corrected chi connectivity index (χ1v) is 6.29. The zero-order valence-electron chi connectivity index (χ0n) is 10.9. The average Bonchev–Trinajstić information content (AvgIpc) is 2.35. The van der Waals surface area contributed by atoms with E-state index in [1.807, 2.05) is 0 Å². The fourth-order valence-electron chi connectivity index (χ4n) is 2.44. The molecule has 0 radical (unpaired) electrons. The van der Waals surface area contributed by atoms with Crippen LogP contribution in [0.3, 0.4) is 0 Å². The molecule has 0 nitrogen and oxygen atoms in total. The standard InChI is InChI=1S/C16H22/c1-6-12(5)16-14(8-3)11-10-13(7-2)15(16)9-4/h1,10-12H,7-9H2,2-5H3. The van der Waals surface area contributed by atoms with Gasteiger partial charge in [-0.1, -0.05) is 38.8 Å². The van der Waals surface area contributed by atoms with Crippen LogP contribution in [0.2, 0.25) is 0 Å². The van der Waals surface area contributed by atoms with E-state index in [1.165, 1.54) is 22.3 Å². The SMILES string of the molecule is C#CC(C)c1c(CC)ccc(CC)c1CC. The minimum absolute atomic E-state index is 0.233. The van der Waals surface area contributed by atoms with Gasteiger partial charge < -0.3 is 0 Å². The Morgan fingerprint density at radius 3 is 2.06 bits per heavy atom. The molecule has 0 bridgehead atoms. The molecule has 1 atom stereocenters. The van der Waals surface area contributed by atoms with Crippen molar-refractivity contribution in [2.75, 3.05) is 0 Å². The van der Waals surface area contributed by atoms with Crippen molar-refractivity contribution in [3.05, 3.63) is 34.4 Å². The van der Waals surface area contributed by atoms with Gasteiger partial charge in [0.05, 0.1) is 0 Å². The summed E-state index contributed by atoms with van der Waals surface area (Å²) >= 11 is 0. The van der Waals surface area contributed by atoms with Crippen LogP contribution in [0.25, 0.3) is 0 Å². The van der Waals surface area contributed by atoms with Crippen LogP contribution in [0.5, 0.6) is 0 Å². The summed E-state index contributed by atoms with van der Waals surface area (Å²) in [5, 5.41) is 0. The van der Waals surface area contributed by atoms with E-state index >= 15 is 0 Å². The molecule has 0 aliphatic carbocycles. The van der Waals surface area contributed by atoms with Crippen LogP contribution < -0.4 is 0 Å². The highest BCUT2D eigenvalue weighted by molar-refractivity contribution is 5.45. The third kappa shape index (κ3) is 2.30. The molecular formula is C16H22. The predicted octanol–water partition coefficient (Wildman–Crippen LogP) is 4.11. The Labute approximate surface area is 100 Å². The number of terminal acetylenes is 1. The summed E-state index contributed by atoms with van der Waals surface area (Å²) in [4.78, 5) is 0. The van der Waals surface area contributed by atoms with Gasteiger partial charge in [-0.15, -0.1) is 6.42 Å². The Morgan fingerprint density at radius 1 is 1.06 bits per heavy atom. The van der Waals surface area contributed by atoms with Gasteiger partial charge in [-0.25, -0.2) is 0 Å². The fourth-order valence-corrected chi connectivity index (χ4v) is 2.44. The maximum Gasteiger partial charge on any atom is 0.0427 e. The largest absolute Gasteiger partial charge is 0.119 e. The number of hydrogen-bond donors (Lipinski definition) is 0. The number of aryl methyl sites for hydroxylation is 2. The van der Waals surface area contributed by atoms with Crippen molar-refractivity contribution in [1.29, 1.82) is 0 Å². The lowest BCUT2D eigenvalue weighted by Gasteiger charge is -2.19. The summed E-state index contributed by atoms with van der Waals surface area (Å²) in [6.07, 6.45) is 8.84. The van der Waals surface area contributed by atoms with E-state index in [1.54, 1.807) is 0 Å². The molecule has 1 aromatic carbocycles. The van der Waals surface area contributed by atoms with Crippen LogP contribution in [0, 0.1) is 12.3 Å². The van der Waals surface area contributed by atoms with Gasteiger partial charge in [-0.05, 0) is 48.4 Å². The Bertz CT molecular complexity index is 393. The van der Waals surface area contributed by atoms with Gasteiger partial charge >= 0.3 is 0 Å². The summed E-state index contributed by atoms with van der Waals surface area (Å²) in [7, 11) is 0. The van der Waals surface area contributed by atoms with Crippen LogP contribution in [-0.4, -0.2) is 0 Å². The van der Waals surface area contributed by atoms with E-state index in [9.17, 15) is 0 Å². The first-order chi connectivity index (χ1) is 7.69. The maximum absolute atomic E-state index is 5.59. The summed E-state index contributed by atoms with van der Waals surface area (Å²) in [5.74, 6) is 3.11. The van der Waals surface area contributed by atoms with Crippen LogP contribution in [0.15, 0.2) is 12.1 Å². The van der Waals surface area contributed by atoms with Gasteiger partial charge in [0.15, 0.2) is 0 Å². The third-order valence-electron chi connectivity index (χ3n) is 3.34. The Morgan fingerprint density at radius 2 is 1.62 bits per heavy atom. The zero-order chi connectivity index (χ0) is 12.1. The quantitative estimate of drug-likeness (QED) is 0.662. The first-order valence-electron chi connectivity index (χ1n) is 6.29. The zero-order valence-corrected chi connectivity index (χ0v) is 10.9. The minimum Gasteiger partial charge on any atom is -0.119 e. The molecule has 0 N–H and O–H groups in total. The first kappa shape index (κ1) is 12.8. The van der Waals surface area contributed by atoms with Crippen molar-refractivity contribution in [3.63, 3.8) is 0 Å². The Kier molecular flexibility index (Phi) is 4.62. The Hall–Kier alpha value is -1.22. The number of rotatable bonds is 4. The second-order valence-corrected chi connectivity index (χ2v) is 4.23. The van der Waals surface area contributed by atoms with Gasteiger partial charge in [-0.2, -0.15) is 0 Å². The number of benzene rings is 1. The van der Waals surface area contributed by atoms with E-state index < -0.39 is 0 Å². The van der Waals surface area contributed by atoms with Gasteiger partial charge in [0.2, 0.25) is 0 Å². The maximum atomic E-state index is 5.59. The van der Waals surface area contributed by atoms with E-state index in [-0.39, 0.29) is 5.92 Å². The van der Waals surface area contributed by atoms with Crippen LogP contribution in [-0.2, 0) is 19.3 Å². The molecule has 0 fully saturated rings. The van der Waals surface area contributed by atoms with Crippen molar-refractivity contribution in [2.24, 2.45) is 0 Å². The second-order valence-electron chi connectivity index (χ2n) is 4.23. The molecule has 1 rings (SSSR count). The molecule has 0 saturated heterocycles. The molecule has 1 unspecified atom stereocenters. The lowest BCUT2D eigenvalue weighted by atomic mass is 9.85. The van der Waals surface area contributed by atoms with Crippen molar-refractivity contribution in [1.82, 2.24) is 0 Å². The number of hydrogen-bond acceptors (Lipinski definition) is 0. The van der Waals surface area contributed by atoms with Gasteiger partial charge in [-0.3, -0.25) is 0 Å². The molecule has 0 spiro atoms. The molecule has 0 aliphatic rings. The van der Waals surface area contributed by atoms with E-state index in [0.29, 0.717) is 0 Å². The smallest absolute Gasteiger partial charge is 0.0427 e. The van der Waals surface area contributed by atoms with E-state index in [4.69, 9.17) is 6.42 Å². The van der Waals surface area contributed by atoms with Crippen molar-refractivity contribution in [2.45, 2.75) is 52.9 Å². The molecule has 1 aromatic rings. The molecule has 0 aliphatic heterocycles. The predicted molar refractivity (Wildman–Crippen MR) is 71.8 cm³/mol. The van der Waals surface area contributed by atoms with Gasteiger partial charge in [0.25, 0.3) is 0 Å². The molecule has 86 valence electrons. The van der Waals surface area contributed by atoms with Crippen molar-refractivity contribution >= 4 is 0 Å². The highest BCUT2D eigenvalue weighted by Crippen LogP contribution is 2.28. The fraction of sp³-hybridized carbons (Fsp3) is 0.500. The van der Waals surface area contributed by atoms with E-state index in [2.05, 4.69) is 45.7 Å². The Balaban J connectivity index is 3.44. The molecule has 0 amide bonds. The van der Waals surface area contributed by atoms with Crippen molar-refractivity contribution < 1.29 is 0 Å². The van der Waals surface area contributed by atoms with E-state index in [0.717, 1.165) is 19.3 Å². The molecule has 0 saturated carbocycles. The topological polar surface area (TPSA) is 0 Å². The summed E-state index contributed by atoms with van der Waals surface area (Å²) in [6.45, 7) is 8.77. The highest BCUT2D eigenvalue weighted by Gasteiger charge is 2.14. The van der Waals surface area contributed by atoms with Crippen LogP contribution in [0.4, 0.5) is 0 Å². The van der Waals surface area contributed by atoms with Gasteiger partial charge in [0, 0.05) is 5.92 Å². The monoisotopic (exact) mass is 214 g/mol. The summed E-state index contributed by atoms with van der Waals surface area (Å²) < 4.78 is 0. The second kappa shape index (κ2) is 5.75. The summed E-state index contributed by atoms with van der Waals surface area (Å²) in [5.41, 5.74) is 5.76. The highest BCUT2D eigenvalue weighted by atomic mass is 14.2. The molecule has 0 heterocycles. The van der Waals surface area contributed by atoms with Crippen LogP contribution in [0.1, 0.15) is 55.9 Å². The molecule has 16 heavy (non-hydrogen) atoms. The molecular weight excluding hydrogens is 192 g/mol. The molecule has 0 aromatic heterocycles. The van der Waals surface area contributed by atoms with Crippen LogP contribution >= 0.6 is 0 Å². The normalized spacial score (nSPS) is 12.2. The summed E-state index contributed by atoms with van der Waals surface area (Å²) in [6, 6.07) is 4.52. The average molecular weight is 214 g/mol. The van der Waals surface area contributed by atoms with Gasteiger partial charge in [0.1, 0.15) is 0 Å². The lowest BCUT2D eigenvalue weighted by Crippen LogP contribution is -2.05. The molecule has 0 heteroatoms. The minimum atomic E-state index is 0.233. The third-order valence-corrected chi connectivity index (χ3v) is 3.34. The lowest BCUT2D eigenvalue weighted by molar-refractivity contribution is 0.896.